The highest BCUT2D eigenvalue weighted by Crippen LogP contribution is 2.30. The minimum absolute atomic E-state index is 0.0445. The van der Waals surface area contributed by atoms with Gasteiger partial charge in [-0.2, -0.15) is 5.26 Å². The number of carbonyl (C=O) groups is 2. The van der Waals surface area contributed by atoms with E-state index in [1.165, 1.54) is 12.1 Å². The predicted octanol–water partition coefficient (Wildman–Crippen LogP) is 3.38. The van der Waals surface area contributed by atoms with E-state index in [1.807, 2.05) is 23.6 Å². The standard InChI is InChI=1S/C25H30FN5O2/c1-17-18(2)31(21-7-5-6-20(26)14-21)24(22(17)15-27)28-23(32)16-29-12-8-19(9-13-29)25(33)30-10-3-4-11-30/h5-7,14,19H,3-4,8-13,16H2,1-2H3,(H,28,32). The summed E-state index contributed by atoms with van der Waals surface area (Å²) >= 11 is 0. The van der Waals surface area contributed by atoms with Gasteiger partial charge in [-0.3, -0.25) is 19.1 Å². The summed E-state index contributed by atoms with van der Waals surface area (Å²) in [6.45, 7) is 6.96. The van der Waals surface area contributed by atoms with E-state index in [0.717, 1.165) is 50.0 Å². The van der Waals surface area contributed by atoms with Crippen LogP contribution in [0.1, 0.15) is 42.5 Å². The average Bonchev–Trinajstić information content (AvgIpc) is 3.41. The third kappa shape index (κ3) is 4.79. The molecule has 174 valence electrons. The summed E-state index contributed by atoms with van der Waals surface area (Å²) in [6.07, 6.45) is 3.69. The lowest BCUT2D eigenvalue weighted by Crippen LogP contribution is -2.44. The average molecular weight is 452 g/mol. The Hall–Kier alpha value is -3.18. The van der Waals surface area contributed by atoms with Crippen molar-refractivity contribution < 1.29 is 14.0 Å². The summed E-state index contributed by atoms with van der Waals surface area (Å²) in [7, 11) is 0. The molecular weight excluding hydrogens is 421 g/mol. The summed E-state index contributed by atoms with van der Waals surface area (Å²) in [4.78, 5) is 29.6. The predicted molar refractivity (Wildman–Crippen MR) is 124 cm³/mol. The highest BCUT2D eigenvalue weighted by molar-refractivity contribution is 5.93. The summed E-state index contributed by atoms with van der Waals surface area (Å²) < 4.78 is 15.6. The largest absolute Gasteiger partial charge is 0.342 e. The number of hydrogen-bond donors (Lipinski definition) is 1. The number of nitrogens with one attached hydrogen (secondary N) is 1. The van der Waals surface area contributed by atoms with Crippen LogP contribution in [0.4, 0.5) is 10.2 Å². The summed E-state index contributed by atoms with van der Waals surface area (Å²) in [5.41, 5.74) is 2.45. The van der Waals surface area contributed by atoms with E-state index in [0.29, 0.717) is 30.2 Å². The lowest BCUT2D eigenvalue weighted by molar-refractivity contribution is -0.136. The number of rotatable bonds is 5. The van der Waals surface area contributed by atoms with Crippen LogP contribution in [0.2, 0.25) is 0 Å². The summed E-state index contributed by atoms with van der Waals surface area (Å²) in [6, 6.07) is 8.26. The molecule has 0 saturated carbocycles. The van der Waals surface area contributed by atoms with Gasteiger partial charge in [0.25, 0.3) is 0 Å². The van der Waals surface area contributed by atoms with Crippen LogP contribution in [0.3, 0.4) is 0 Å². The molecule has 0 unspecified atom stereocenters. The molecule has 1 aromatic carbocycles. The smallest absolute Gasteiger partial charge is 0.239 e. The molecule has 2 saturated heterocycles. The molecule has 3 heterocycles. The van der Waals surface area contributed by atoms with Crippen LogP contribution in [0.5, 0.6) is 0 Å². The highest BCUT2D eigenvalue weighted by atomic mass is 19.1. The molecule has 2 amide bonds. The van der Waals surface area contributed by atoms with E-state index >= 15 is 0 Å². The minimum atomic E-state index is -0.389. The van der Waals surface area contributed by atoms with E-state index in [1.54, 1.807) is 16.7 Å². The number of carbonyl (C=O) groups excluding carboxylic acids is 2. The van der Waals surface area contributed by atoms with Crippen LogP contribution >= 0.6 is 0 Å². The zero-order valence-corrected chi connectivity index (χ0v) is 19.2. The van der Waals surface area contributed by atoms with Gasteiger partial charge in [-0.1, -0.05) is 6.07 Å². The molecule has 2 aliphatic heterocycles. The van der Waals surface area contributed by atoms with Gasteiger partial charge >= 0.3 is 0 Å². The molecule has 0 bridgehead atoms. The Morgan fingerprint density at radius 1 is 1.15 bits per heavy atom. The van der Waals surface area contributed by atoms with Gasteiger partial charge in [-0.15, -0.1) is 0 Å². The minimum Gasteiger partial charge on any atom is -0.342 e. The van der Waals surface area contributed by atoms with Crippen molar-refractivity contribution in [3.8, 4) is 11.8 Å². The molecule has 4 rings (SSSR count). The number of likely N-dealkylation sites (tertiary alicyclic amines) is 2. The fourth-order valence-corrected chi connectivity index (χ4v) is 4.91. The number of anilines is 1. The van der Waals surface area contributed by atoms with Gasteiger partial charge in [0, 0.05) is 24.7 Å². The van der Waals surface area contributed by atoms with Crippen LogP contribution in [-0.4, -0.2) is 58.9 Å². The molecule has 2 aliphatic rings. The number of aromatic nitrogens is 1. The Bertz CT molecular complexity index is 1090. The van der Waals surface area contributed by atoms with E-state index < -0.39 is 0 Å². The molecular formula is C25H30FN5O2. The van der Waals surface area contributed by atoms with Crippen LogP contribution in [0, 0.1) is 36.9 Å². The molecule has 1 aromatic heterocycles. The van der Waals surface area contributed by atoms with Gasteiger partial charge in [-0.05, 0) is 76.4 Å². The van der Waals surface area contributed by atoms with Crippen LogP contribution in [0.25, 0.3) is 5.69 Å². The van der Waals surface area contributed by atoms with Crippen molar-refractivity contribution in [3.05, 3.63) is 46.9 Å². The van der Waals surface area contributed by atoms with Crippen LogP contribution in [0.15, 0.2) is 24.3 Å². The SMILES string of the molecule is Cc1c(C#N)c(NC(=O)CN2CCC(C(=O)N3CCCC3)CC2)n(-c2cccc(F)c2)c1C. The first kappa shape index (κ1) is 23.0. The zero-order chi connectivity index (χ0) is 23.5. The van der Waals surface area contributed by atoms with E-state index in [-0.39, 0.29) is 30.1 Å². The molecule has 1 N–H and O–H groups in total. The molecule has 0 aliphatic carbocycles. The fraction of sp³-hybridized carbons (Fsp3) is 0.480. The maximum atomic E-state index is 13.9. The lowest BCUT2D eigenvalue weighted by atomic mass is 9.95. The number of benzene rings is 1. The van der Waals surface area contributed by atoms with Crippen molar-refractivity contribution in [1.29, 1.82) is 5.26 Å². The number of halogens is 1. The Labute approximate surface area is 193 Å². The van der Waals surface area contributed by atoms with Gasteiger partial charge in [0.1, 0.15) is 17.7 Å². The number of nitrogens with zero attached hydrogens (tertiary/aromatic N) is 4. The van der Waals surface area contributed by atoms with Gasteiger partial charge in [-0.25, -0.2) is 4.39 Å². The topological polar surface area (TPSA) is 81.4 Å². The normalized spacial score (nSPS) is 17.2. The third-order valence-corrected chi connectivity index (χ3v) is 6.87. The monoisotopic (exact) mass is 451 g/mol. The second-order valence-corrected chi connectivity index (χ2v) is 8.99. The lowest BCUT2D eigenvalue weighted by Gasteiger charge is -2.32. The van der Waals surface area contributed by atoms with E-state index in [4.69, 9.17) is 0 Å². The summed E-state index contributed by atoms with van der Waals surface area (Å²) in [5, 5.41) is 12.6. The van der Waals surface area contributed by atoms with Crippen molar-refractivity contribution in [2.75, 3.05) is 38.0 Å². The molecule has 0 spiro atoms. The van der Waals surface area contributed by atoms with Crippen molar-refractivity contribution in [2.24, 2.45) is 5.92 Å². The molecule has 2 fully saturated rings. The summed E-state index contributed by atoms with van der Waals surface area (Å²) in [5.74, 6) is 0.0470. The number of amides is 2. The maximum Gasteiger partial charge on any atom is 0.239 e. The Morgan fingerprint density at radius 2 is 1.85 bits per heavy atom. The fourth-order valence-electron chi connectivity index (χ4n) is 4.91. The number of hydrogen-bond acceptors (Lipinski definition) is 4. The van der Waals surface area contributed by atoms with Crippen molar-refractivity contribution in [2.45, 2.75) is 39.5 Å². The Morgan fingerprint density at radius 3 is 2.48 bits per heavy atom. The first-order valence-corrected chi connectivity index (χ1v) is 11.6. The van der Waals surface area contributed by atoms with Crippen molar-refractivity contribution >= 4 is 17.6 Å². The molecule has 7 nitrogen and oxygen atoms in total. The molecule has 0 radical (unpaired) electrons. The Kier molecular flexibility index (Phi) is 6.80. The first-order chi connectivity index (χ1) is 15.9. The second kappa shape index (κ2) is 9.75. The maximum absolute atomic E-state index is 13.9. The van der Waals surface area contributed by atoms with E-state index in [2.05, 4.69) is 11.4 Å². The van der Waals surface area contributed by atoms with Gasteiger partial charge in [0.05, 0.1) is 17.8 Å². The van der Waals surface area contributed by atoms with Gasteiger partial charge < -0.3 is 10.2 Å². The van der Waals surface area contributed by atoms with Gasteiger partial charge in [0.15, 0.2) is 0 Å². The molecule has 2 aromatic rings. The van der Waals surface area contributed by atoms with Crippen LogP contribution < -0.4 is 5.32 Å². The highest BCUT2D eigenvalue weighted by Gasteiger charge is 2.30. The van der Waals surface area contributed by atoms with E-state index in [9.17, 15) is 19.2 Å². The van der Waals surface area contributed by atoms with Crippen LogP contribution in [-0.2, 0) is 9.59 Å². The zero-order valence-electron chi connectivity index (χ0n) is 19.2. The third-order valence-electron chi connectivity index (χ3n) is 6.87. The van der Waals surface area contributed by atoms with Gasteiger partial charge in [0.2, 0.25) is 11.8 Å². The second-order valence-electron chi connectivity index (χ2n) is 8.99. The van der Waals surface area contributed by atoms with Crippen molar-refractivity contribution in [3.63, 3.8) is 0 Å². The number of nitriles is 1. The molecule has 0 atom stereocenters. The van der Waals surface area contributed by atoms with Crippen molar-refractivity contribution in [1.82, 2.24) is 14.4 Å². The Balaban J connectivity index is 1.43. The number of piperidine rings is 1. The first-order valence-electron chi connectivity index (χ1n) is 11.6. The quantitative estimate of drug-likeness (QED) is 0.756. The molecule has 8 heteroatoms. The molecule has 33 heavy (non-hydrogen) atoms.